The Morgan fingerprint density at radius 2 is 2.20 bits per heavy atom. The van der Waals surface area contributed by atoms with Gasteiger partial charge >= 0.3 is 0 Å². The van der Waals surface area contributed by atoms with Crippen molar-refractivity contribution in [2.24, 2.45) is 0 Å². The molecule has 0 aromatic carbocycles. The SMILES string of the molecule is [CH2]CC(Cl)C(O)CCCC. The summed E-state index contributed by atoms with van der Waals surface area (Å²) in [5.41, 5.74) is 0. The lowest BCUT2D eigenvalue weighted by Gasteiger charge is -2.13. The molecular weight excluding hydrogens is 148 g/mol. The number of halogens is 1. The van der Waals surface area contributed by atoms with E-state index in [-0.39, 0.29) is 11.5 Å². The molecule has 0 aromatic heterocycles. The lowest BCUT2D eigenvalue weighted by molar-refractivity contribution is 0.156. The zero-order valence-corrected chi connectivity index (χ0v) is 7.27. The van der Waals surface area contributed by atoms with Gasteiger partial charge in [0.15, 0.2) is 0 Å². The van der Waals surface area contributed by atoms with Gasteiger partial charge in [0, 0.05) is 0 Å². The van der Waals surface area contributed by atoms with Crippen LogP contribution in [0.15, 0.2) is 0 Å². The molecule has 0 saturated heterocycles. The second-order valence-electron chi connectivity index (χ2n) is 2.51. The summed E-state index contributed by atoms with van der Waals surface area (Å²) in [6.07, 6.45) is 3.20. The van der Waals surface area contributed by atoms with E-state index in [4.69, 9.17) is 11.6 Å². The maximum atomic E-state index is 9.28. The van der Waals surface area contributed by atoms with Gasteiger partial charge in [-0.25, -0.2) is 0 Å². The Labute approximate surface area is 68.4 Å². The zero-order valence-electron chi connectivity index (χ0n) is 6.52. The van der Waals surface area contributed by atoms with Crippen LogP contribution in [-0.2, 0) is 0 Å². The summed E-state index contributed by atoms with van der Waals surface area (Å²) in [7, 11) is 0. The molecule has 0 rings (SSSR count). The maximum absolute atomic E-state index is 9.28. The van der Waals surface area contributed by atoms with Crippen molar-refractivity contribution < 1.29 is 5.11 Å². The number of aliphatic hydroxyl groups is 1. The number of hydrogen-bond acceptors (Lipinski definition) is 1. The van der Waals surface area contributed by atoms with E-state index >= 15 is 0 Å². The molecule has 10 heavy (non-hydrogen) atoms. The first-order valence-electron chi connectivity index (χ1n) is 3.83. The van der Waals surface area contributed by atoms with Gasteiger partial charge in [-0.3, -0.25) is 0 Å². The second kappa shape index (κ2) is 5.99. The van der Waals surface area contributed by atoms with Crippen LogP contribution in [0.5, 0.6) is 0 Å². The summed E-state index contributed by atoms with van der Waals surface area (Å²) in [5.74, 6) is 0. The van der Waals surface area contributed by atoms with E-state index in [0.29, 0.717) is 6.42 Å². The lowest BCUT2D eigenvalue weighted by atomic mass is 10.1. The summed E-state index contributed by atoms with van der Waals surface area (Å²) in [4.78, 5) is 0. The summed E-state index contributed by atoms with van der Waals surface area (Å²) in [6, 6.07) is 0. The molecule has 0 fully saturated rings. The first kappa shape index (κ1) is 10.2. The molecule has 1 N–H and O–H groups in total. The third-order valence-corrected chi connectivity index (χ3v) is 2.06. The van der Waals surface area contributed by atoms with Gasteiger partial charge in [0.1, 0.15) is 0 Å². The summed E-state index contributed by atoms with van der Waals surface area (Å²) < 4.78 is 0. The van der Waals surface area contributed by atoms with Gasteiger partial charge in [0.25, 0.3) is 0 Å². The normalized spacial score (nSPS) is 16.8. The molecule has 0 bridgehead atoms. The molecule has 0 aliphatic carbocycles. The quantitative estimate of drug-likeness (QED) is 0.617. The fraction of sp³-hybridized carbons (Fsp3) is 0.875. The summed E-state index contributed by atoms with van der Waals surface area (Å²) in [5, 5.41) is 9.12. The van der Waals surface area contributed by atoms with Gasteiger partial charge in [-0.15, -0.1) is 11.6 Å². The molecule has 0 heterocycles. The van der Waals surface area contributed by atoms with Crippen LogP contribution in [0.1, 0.15) is 32.6 Å². The predicted molar refractivity (Wildman–Crippen MR) is 45.1 cm³/mol. The molecule has 0 aliphatic rings. The van der Waals surface area contributed by atoms with Gasteiger partial charge in [0.05, 0.1) is 11.5 Å². The van der Waals surface area contributed by atoms with Crippen LogP contribution >= 0.6 is 11.6 Å². The van der Waals surface area contributed by atoms with Crippen molar-refractivity contribution in [3.8, 4) is 0 Å². The molecule has 0 spiro atoms. The van der Waals surface area contributed by atoms with E-state index in [1.54, 1.807) is 0 Å². The van der Waals surface area contributed by atoms with Crippen molar-refractivity contribution in [1.29, 1.82) is 0 Å². The Morgan fingerprint density at radius 1 is 1.60 bits per heavy atom. The molecule has 1 nitrogen and oxygen atoms in total. The topological polar surface area (TPSA) is 20.2 Å². The van der Waals surface area contributed by atoms with Crippen molar-refractivity contribution in [1.82, 2.24) is 0 Å². The van der Waals surface area contributed by atoms with Crippen LogP contribution in [0.3, 0.4) is 0 Å². The van der Waals surface area contributed by atoms with E-state index in [9.17, 15) is 5.11 Å². The molecule has 61 valence electrons. The minimum absolute atomic E-state index is 0.161. The molecule has 1 radical (unpaired) electrons. The van der Waals surface area contributed by atoms with E-state index < -0.39 is 0 Å². The first-order chi connectivity index (χ1) is 4.72. The van der Waals surface area contributed by atoms with E-state index in [1.807, 2.05) is 0 Å². The highest BCUT2D eigenvalue weighted by molar-refractivity contribution is 6.21. The van der Waals surface area contributed by atoms with Crippen molar-refractivity contribution in [3.05, 3.63) is 6.92 Å². The van der Waals surface area contributed by atoms with E-state index in [2.05, 4.69) is 13.8 Å². The number of alkyl halides is 1. The third kappa shape index (κ3) is 4.13. The predicted octanol–water partition coefficient (Wildman–Crippen LogP) is 2.37. The molecule has 0 aromatic rings. The fourth-order valence-electron chi connectivity index (χ4n) is 0.786. The summed E-state index contributed by atoms with van der Waals surface area (Å²) in [6.45, 7) is 5.72. The first-order valence-corrected chi connectivity index (χ1v) is 4.27. The fourth-order valence-corrected chi connectivity index (χ4v) is 0.912. The van der Waals surface area contributed by atoms with Crippen molar-refractivity contribution in [3.63, 3.8) is 0 Å². The van der Waals surface area contributed by atoms with Crippen LogP contribution in [0.4, 0.5) is 0 Å². The number of rotatable bonds is 5. The molecule has 2 heteroatoms. The van der Waals surface area contributed by atoms with Crippen LogP contribution < -0.4 is 0 Å². The van der Waals surface area contributed by atoms with Crippen molar-refractivity contribution in [2.75, 3.05) is 0 Å². The second-order valence-corrected chi connectivity index (χ2v) is 3.07. The average Bonchev–Trinajstić information content (AvgIpc) is 1.98. The van der Waals surface area contributed by atoms with Gasteiger partial charge in [-0.05, 0) is 12.8 Å². The molecule has 0 amide bonds. The third-order valence-electron chi connectivity index (χ3n) is 1.55. The molecule has 0 saturated carbocycles. The Bertz CT molecular complexity index is 75.7. The van der Waals surface area contributed by atoms with Crippen molar-refractivity contribution in [2.45, 2.75) is 44.1 Å². The van der Waals surface area contributed by atoms with E-state index in [1.165, 1.54) is 0 Å². The Hall–Kier alpha value is 0.250. The van der Waals surface area contributed by atoms with Gasteiger partial charge in [-0.1, -0.05) is 26.7 Å². The monoisotopic (exact) mass is 163 g/mol. The highest BCUT2D eigenvalue weighted by Gasteiger charge is 2.12. The summed E-state index contributed by atoms with van der Waals surface area (Å²) >= 11 is 5.74. The number of aliphatic hydroxyl groups excluding tert-OH is 1. The van der Waals surface area contributed by atoms with Crippen LogP contribution in [0.25, 0.3) is 0 Å². The van der Waals surface area contributed by atoms with Crippen LogP contribution in [0.2, 0.25) is 0 Å². The van der Waals surface area contributed by atoms with Crippen LogP contribution in [-0.4, -0.2) is 16.6 Å². The largest absolute Gasteiger partial charge is 0.392 e. The molecular formula is C8H16ClO. The zero-order chi connectivity index (χ0) is 7.98. The standard InChI is InChI=1S/C8H16ClO/c1-3-5-6-8(10)7(9)4-2/h7-8,10H,2-6H2,1H3. The Morgan fingerprint density at radius 3 is 2.60 bits per heavy atom. The van der Waals surface area contributed by atoms with Crippen molar-refractivity contribution >= 4 is 11.6 Å². The minimum atomic E-state index is -0.362. The average molecular weight is 164 g/mol. The maximum Gasteiger partial charge on any atom is 0.0703 e. The molecule has 2 unspecified atom stereocenters. The number of unbranched alkanes of at least 4 members (excludes halogenated alkanes) is 1. The van der Waals surface area contributed by atoms with E-state index in [0.717, 1.165) is 19.3 Å². The van der Waals surface area contributed by atoms with Gasteiger partial charge in [0.2, 0.25) is 0 Å². The highest BCUT2D eigenvalue weighted by Crippen LogP contribution is 2.12. The molecule has 2 atom stereocenters. The smallest absolute Gasteiger partial charge is 0.0703 e. The number of hydrogen-bond donors (Lipinski definition) is 1. The Balaban J connectivity index is 3.31. The van der Waals surface area contributed by atoms with Crippen LogP contribution in [0, 0.1) is 6.92 Å². The highest BCUT2D eigenvalue weighted by atomic mass is 35.5. The lowest BCUT2D eigenvalue weighted by Crippen LogP contribution is -2.19. The van der Waals surface area contributed by atoms with Gasteiger partial charge in [-0.2, -0.15) is 0 Å². The Kier molecular flexibility index (Phi) is 6.14. The molecule has 0 aliphatic heterocycles. The minimum Gasteiger partial charge on any atom is -0.392 e. The van der Waals surface area contributed by atoms with Gasteiger partial charge < -0.3 is 5.11 Å².